The van der Waals surface area contributed by atoms with Gasteiger partial charge in [0.25, 0.3) is 0 Å². The number of ether oxygens (including phenoxy) is 2. The van der Waals surface area contributed by atoms with E-state index in [-0.39, 0.29) is 23.6 Å². The van der Waals surface area contributed by atoms with Crippen LogP contribution >= 0.6 is 0 Å². The van der Waals surface area contributed by atoms with Crippen molar-refractivity contribution >= 4 is 11.7 Å². The lowest BCUT2D eigenvalue weighted by molar-refractivity contribution is -0.0149. The molecule has 104 valence electrons. The van der Waals surface area contributed by atoms with E-state index in [1.807, 2.05) is 0 Å². The molecule has 5 heteroatoms. The number of esters is 1. The first-order valence-corrected chi connectivity index (χ1v) is 6.42. The first-order valence-electron chi connectivity index (χ1n) is 6.42. The predicted molar refractivity (Wildman–Crippen MR) is 71.0 cm³/mol. The minimum Gasteiger partial charge on any atom is -0.506 e. The van der Waals surface area contributed by atoms with Gasteiger partial charge in [0.2, 0.25) is 0 Å². The quantitative estimate of drug-likeness (QED) is 0.497. The highest BCUT2D eigenvalue weighted by Gasteiger charge is 2.25. The van der Waals surface area contributed by atoms with Crippen LogP contribution in [0.1, 0.15) is 36.0 Å². The molecule has 1 aromatic carbocycles. The average molecular weight is 265 g/mol. The molecule has 0 saturated heterocycles. The van der Waals surface area contributed by atoms with Gasteiger partial charge in [0.1, 0.15) is 11.9 Å². The van der Waals surface area contributed by atoms with Crippen LogP contribution in [0.3, 0.4) is 0 Å². The fraction of sp³-hybridized carbons (Fsp3) is 0.500. The second kappa shape index (κ2) is 5.93. The molecule has 0 aromatic heterocycles. The maximum absolute atomic E-state index is 12.0. The van der Waals surface area contributed by atoms with E-state index in [0.717, 1.165) is 25.7 Å². The van der Waals surface area contributed by atoms with E-state index in [2.05, 4.69) is 0 Å². The Morgan fingerprint density at radius 2 is 2.11 bits per heavy atom. The molecule has 0 spiro atoms. The molecule has 5 nitrogen and oxygen atoms in total. The largest absolute Gasteiger partial charge is 0.506 e. The maximum atomic E-state index is 12.0. The number of aromatic hydroxyl groups is 1. The van der Waals surface area contributed by atoms with Gasteiger partial charge in [-0.15, -0.1) is 0 Å². The second-order valence-corrected chi connectivity index (χ2v) is 4.83. The summed E-state index contributed by atoms with van der Waals surface area (Å²) in [4.78, 5) is 12.0. The number of carbonyl (C=O) groups is 1. The third kappa shape index (κ3) is 3.38. The van der Waals surface area contributed by atoms with Gasteiger partial charge < -0.3 is 20.3 Å². The third-order valence-corrected chi connectivity index (χ3v) is 3.45. The Morgan fingerprint density at radius 3 is 2.79 bits per heavy atom. The van der Waals surface area contributed by atoms with Crippen molar-refractivity contribution in [3.63, 3.8) is 0 Å². The van der Waals surface area contributed by atoms with E-state index in [9.17, 15) is 9.90 Å². The first-order chi connectivity index (χ1) is 9.10. The van der Waals surface area contributed by atoms with Gasteiger partial charge in [-0.1, -0.05) is 0 Å². The molecule has 1 aliphatic rings. The summed E-state index contributed by atoms with van der Waals surface area (Å²) in [6.07, 6.45) is 3.61. The predicted octanol–water partition coefficient (Wildman–Crippen LogP) is 2.09. The summed E-state index contributed by atoms with van der Waals surface area (Å²) in [6, 6.07) is 4.37. The van der Waals surface area contributed by atoms with E-state index in [1.165, 1.54) is 12.1 Å². The van der Waals surface area contributed by atoms with Crippen LogP contribution in [0.4, 0.5) is 5.69 Å². The molecule has 1 saturated carbocycles. The Kier molecular flexibility index (Phi) is 4.27. The normalized spacial score (nSPS) is 23.0. The van der Waals surface area contributed by atoms with Gasteiger partial charge in [-0.25, -0.2) is 4.79 Å². The van der Waals surface area contributed by atoms with Gasteiger partial charge in [0.05, 0.1) is 17.4 Å². The molecular weight excluding hydrogens is 246 g/mol. The fourth-order valence-corrected chi connectivity index (χ4v) is 2.31. The van der Waals surface area contributed by atoms with Crippen LogP contribution in [-0.2, 0) is 9.47 Å². The number of anilines is 1. The summed E-state index contributed by atoms with van der Waals surface area (Å²) in [7, 11) is 1.67. The third-order valence-electron chi connectivity index (χ3n) is 3.45. The van der Waals surface area contributed by atoms with Crippen molar-refractivity contribution in [2.24, 2.45) is 0 Å². The Balaban J connectivity index is 1.98. The van der Waals surface area contributed by atoms with Gasteiger partial charge in [-0.3, -0.25) is 0 Å². The molecule has 2 unspecified atom stereocenters. The van der Waals surface area contributed by atoms with Crippen LogP contribution in [0.2, 0.25) is 0 Å². The molecule has 0 heterocycles. The summed E-state index contributed by atoms with van der Waals surface area (Å²) < 4.78 is 10.7. The fourth-order valence-electron chi connectivity index (χ4n) is 2.31. The van der Waals surface area contributed by atoms with Gasteiger partial charge >= 0.3 is 5.97 Å². The zero-order valence-electron chi connectivity index (χ0n) is 11.0. The topological polar surface area (TPSA) is 81.8 Å². The van der Waals surface area contributed by atoms with Crippen molar-refractivity contribution in [1.29, 1.82) is 0 Å². The lowest BCUT2D eigenvalue weighted by Crippen LogP contribution is -2.29. The number of benzene rings is 1. The standard InChI is InChI=1S/C14H19NO4/c1-18-10-3-2-4-11(8-10)19-14(17)9-5-6-12(15)13(16)7-9/h5-7,10-11,16H,2-4,8,15H2,1H3. The Labute approximate surface area is 112 Å². The number of rotatable bonds is 3. The van der Waals surface area contributed by atoms with Gasteiger partial charge in [-0.05, 0) is 37.5 Å². The highest BCUT2D eigenvalue weighted by Crippen LogP contribution is 2.25. The molecule has 0 aliphatic heterocycles. The van der Waals surface area contributed by atoms with Gasteiger partial charge in [-0.2, -0.15) is 0 Å². The Bertz CT molecular complexity index is 461. The minimum atomic E-state index is -0.433. The van der Waals surface area contributed by atoms with Crippen molar-refractivity contribution in [3.05, 3.63) is 23.8 Å². The number of methoxy groups -OCH3 is 1. The molecule has 2 atom stereocenters. The van der Waals surface area contributed by atoms with Crippen LogP contribution in [0.15, 0.2) is 18.2 Å². The van der Waals surface area contributed by atoms with Crippen LogP contribution in [-0.4, -0.2) is 30.4 Å². The van der Waals surface area contributed by atoms with Gasteiger partial charge in [0, 0.05) is 13.5 Å². The highest BCUT2D eigenvalue weighted by atomic mass is 16.5. The first kappa shape index (κ1) is 13.7. The van der Waals surface area contributed by atoms with Crippen LogP contribution in [0.5, 0.6) is 5.75 Å². The van der Waals surface area contributed by atoms with Crippen molar-refractivity contribution in [2.45, 2.75) is 37.9 Å². The molecular formula is C14H19NO4. The average Bonchev–Trinajstić information content (AvgIpc) is 2.42. The molecule has 19 heavy (non-hydrogen) atoms. The van der Waals surface area contributed by atoms with E-state index in [1.54, 1.807) is 13.2 Å². The molecule has 3 N–H and O–H groups in total. The molecule has 1 fully saturated rings. The van der Waals surface area contributed by atoms with Crippen molar-refractivity contribution in [3.8, 4) is 5.75 Å². The lowest BCUT2D eigenvalue weighted by atomic mass is 9.95. The number of phenolic OH excluding ortho intramolecular Hbond substituents is 1. The zero-order chi connectivity index (χ0) is 13.8. The van der Waals surface area contributed by atoms with E-state index in [4.69, 9.17) is 15.2 Å². The lowest BCUT2D eigenvalue weighted by Gasteiger charge is -2.27. The molecule has 0 amide bonds. The molecule has 0 radical (unpaired) electrons. The van der Waals surface area contributed by atoms with E-state index in [0.29, 0.717) is 5.56 Å². The molecule has 1 aliphatic carbocycles. The van der Waals surface area contributed by atoms with Crippen molar-refractivity contribution < 1.29 is 19.4 Å². The number of nitrogens with two attached hydrogens (primary N) is 1. The summed E-state index contributed by atoms with van der Waals surface area (Å²) in [5.41, 5.74) is 6.05. The van der Waals surface area contributed by atoms with Crippen molar-refractivity contribution in [1.82, 2.24) is 0 Å². The SMILES string of the molecule is COC1CCCC(OC(=O)c2ccc(N)c(O)c2)C1. The number of hydrogen-bond donors (Lipinski definition) is 2. The zero-order valence-corrected chi connectivity index (χ0v) is 11.0. The second-order valence-electron chi connectivity index (χ2n) is 4.83. The van der Waals surface area contributed by atoms with E-state index >= 15 is 0 Å². The number of nitrogen functional groups attached to an aromatic ring is 1. The van der Waals surface area contributed by atoms with E-state index < -0.39 is 5.97 Å². The van der Waals surface area contributed by atoms with Crippen LogP contribution in [0, 0.1) is 0 Å². The summed E-state index contributed by atoms with van der Waals surface area (Å²) >= 11 is 0. The van der Waals surface area contributed by atoms with Crippen LogP contribution in [0.25, 0.3) is 0 Å². The summed E-state index contributed by atoms with van der Waals surface area (Å²) in [5, 5.41) is 9.48. The Hall–Kier alpha value is -1.75. The molecule has 0 bridgehead atoms. The highest BCUT2D eigenvalue weighted by molar-refractivity contribution is 5.90. The monoisotopic (exact) mass is 265 g/mol. The van der Waals surface area contributed by atoms with Crippen molar-refractivity contribution in [2.75, 3.05) is 12.8 Å². The smallest absolute Gasteiger partial charge is 0.338 e. The minimum absolute atomic E-state index is 0.104. The summed E-state index contributed by atoms with van der Waals surface area (Å²) in [5.74, 6) is -0.537. The number of hydrogen-bond acceptors (Lipinski definition) is 5. The summed E-state index contributed by atoms with van der Waals surface area (Å²) in [6.45, 7) is 0. The van der Waals surface area contributed by atoms with Crippen LogP contribution < -0.4 is 5.73 Å². The maximum Gasteiger partial charge on any atom is 0.338 e. The molecule has 2 rings (SSSR count). The number of phenols is 1. The molecule has 1 aromatic rings. The van der Waals surface area contributed by atoms with Gasteiger partial charge in [0.15, 0.2) is 0 Å². The Morgan fingerprint density at radius 1 is 1.37 bits per heavy atom. The number of carbonyl (C=O) groups excluding carboxylic acids is 1.